The van der Waals surface area contributed by atoms with Gasteiger partial charge in [-0.15, -0.1) is 0 Å². The Balaban J connectivity index is 1.85. The first-order valence-corrected chi connectivity index (χ1v) is 8.26. The van der Waals surface area contributed by atoms with E-state index in [-0.39, 0.29) is 12.6 Å². The van der Waals surface area contributed by atoms with Crippen molar-refractivity contribution >= 4 is 29.1 Å². The van der Waals surface area contributed by atoms with E-state index in [0.717, 1.165) is 13.0 Å². The number of ether oxygens (including phenoxy) is 1. The second kappa shape index (κ2) is 8.92. The summed E-state index contributed by atoms with van der Waals surface area (Å²) in [5.74, 6) is 0.189. The lowest BCUT2D eigenvalue weighted by Gasteiger charge is -2.10. The van der Waals surface area contributed by atoms with Gasteiger partial charge in [-0.25, -0.2) is 4.68 Å². The Morgan fingerprint density at radius 3 is 2.67 bits per heavy atom. The normalized spacial score (nSPS) is 10.9. The summed E-state index contributed by atoms with van der Waals surface area (Å²) in [6, 6.07) is 6.76. The first kappa shape index (κ1) is 18.6. The number of aromatic nitrogens is 2. The molecule has 6 nitrogen and oxygen atoms in total. The molecule has 0 atom stereocenters. The van der Waals surface area contributed by atoms with Crippen LogP contribution in [0.2, 0.25) is 10.0 Å². The number of para-hydroxylation sites is 1. The Morgan fingerprint density at radius 1 is 1.29 bits per heavy atom. The first-order chi connectivity index (χ1) is 11.5. The van der Waals surface area contributed by atoms with Crippen LogP contribution >= 0.6 is 23.2 Å². The van der Waals surface area contributed by atoms with E-state index >= 15 is 0 Å². The molecule has 0 spiro atoms. The molecule has 1 heterocycles. The standard InChI is InChI=1S/C16H20Cl2N4O2/c1-21(2)9-4-8-19-16(23)14-7-10-22(20-14)11-24-15-12(17)5-3-6-13(15)18/h3,5-7,10H,4,8-9,11H2,1-2H3,(H,19,23). The van der Waals surface area contributed by atoms with Gasteiger partial charge in [0.15, 0.2) is 12.5 Å². The van der Waals surface area contributed by atoms with E-state index in [0.29, 0.717) is 28.0 Å². The molecule has 2 rings (SSSR count). The molecule has 1 amide bonds. The molecular weight excluding hydrogens is 351 g/mol. The molecule has 1 aromatic carbocycles. The van der Waals surface area contributed by atoms with Gasteiger partial charge < -0.3 is 15.0 Å². The number of benzene rings is 1. The van der Waals surface area contributed by atoms with Crippen molar-refractivity contribution < 1.29 is 9.53 Å². The Morgan fingerprint density at radius 2 is 2.00 bits per heavy atom. The highest BCUT2D eigenvalue weighted by molar-refractivity contribution is 6.37. The van der Waals surface area contributed by atoms with Crippen molar-refractivity contribution in [2.24, 2.45) is 0 Å². The van der Waals surface area contributed by atoms with E-state index < -0.39 is 0 Å². The summed E-state index contributed by atoms with van der Waals surface area (Å²) in [6.45, 7) is 1.63. The van der Waals surface area contributed by atoms with Crippen LogP contribution in [0.25, 0.3) is 0 Å². The molecule has 0 aliphatic carbocycles. The minimum Gasteiger partial charge on any atom is -0.468 e. The number of nitrogens with one attached hydrogen (secondary N) is 1. The number of halogens is 2. The smallest absolute Gasteiger partial charge is 0.271 e. The number of carbonyl (C=O) groups is 1. The number of rotatable bonds is 8. The van der Waals surface area contributed by atoms with E-state index in [1.807, 2.05) is 14.1 Å². The molecule has 2 aromatic rings. The van der Waals surface area contributed by atoms with Crippen LogP contribution in [0.3, 0.4) is 0 Å². The monoisotopic (exact) mass is 370 g/mol. The Kier molecular flexibility index (Phi) is 6.90. The van der Waals surface area contributed by atoms with Gasteiger partial charge >= 0.3 is 0 Å². The average Bonchev–Trinajstić information content (AvgIpc) is 3.00. The lowest BCUT2D eigenvalue weighted by Crippen LogP contribution is -2.27. The van der Waals surface area contributed by atoms with Gasteiger partial charge in [-0.2, -0.15) is 5.10 Å². The van der Waals surface area contributed by atoms with Gasteiger partial charge in [-0.1, -0.05) is 29.3 Å². The number of carbonyl (C=O) groups excluding carboxylic acids is 1. The van der Waals surface area contributed by atoms with Crippen molar-refractivity contribution in [1.29, 1.82) is 0 Å². The van der Waals surface area contributed by atoms with Crippen LogP contribution in [0.5, 0.6) is 5.75 Å². The third-order valence-electron chi connectivity index (χ3n) is 3.20. The Bertz CT molecular complexity index is 668. The van der Waals surface area contributed by atoms with E-state index in [1.54, 1.807) is 30.5 Å². The molecule has 0 aliphatic rings. The van der Waals surface area contributed by atoms with E-state index in [9.17, 15) is 4.79 Å². The van der Waals surface area contributed by atoms with Crippen molar-refractivity contribution in [2.45, 2.75) is 13.2 Å². The molecule has 1 N–H and O–H groups in total. The van der Waals surface area contributed by atoms with Crippen molar-refractivity contribution in [3.05, 3.63) is 46.2 Å². The molecule has 0 fully saturated rings. The molecule has 8 heteroatoms. The first-order valence-electron chi connectivity index (χ1n) is 7.50. The summed E-state index contributed by atoms with van der Waals surface area (Å²) in [5.41, 5.74) is 0.341. The van der Waals surface area contributed by atoms with Crippen molar-refractivity contribution in [2.75, 3.05) is 27.2 Å². The Labute approximate surface area is 151 Å². The lowest BCUT2D eigenvalue weighted by atomic mass is 10.3. The highest BCUT2D eigenvalue weighted by Crippen LogP contribution is 2.32. The van der Waals surface area contributed by atoms with Gasteiger partial charge in [0.05, 0.1) is 10.0 Å². The maximum Gasteiger partial charge on any atom is 0.271 e. The number of hydrogen-bond donors (Lipinski definition) is 1. The highest BCUT2D eigenvalue weighted by atomic mass is 35.5. The van der Waals surface area contributed by atoms with Crippen molar-refractivity contribution in [3.8, 4) is 5.75 Å². The molecule has 0 unspecified atom stereocenters. The largest absolute Gasteiger partial charge is 0.468 e. The predicted molar refractivity (Wildman–Crippen MR) is 94.8 cm³/mol. The maximum absolute atomic E-state index is 12.0. The summed E-state index contributed by atoms with van der Waals surface area (Å²) in [7, 11) is 3.99. The minimum absolute atomic E-state index is 0.108. The molecule has 0 bridgehead atoms. The molecule has 24 heavy (non-hydrogen) atoms. The molecule has 0 saturated heterocycles. The van der Waals surface area contributed by atoms with Crippen LogP contribution in [0.4, 0.5) is 0 Å². The maximum atomic E-state index is 12.0. The summed E-state index contributed by atoms with van der Waals surface area (Å²) in [5, 5.41) is 7.87. The highest BCUT2D eigenvalue weighted by Gasteiger charge is 2.10. The van der Waals surface area contributed by atoms with Gasteiger partial charge in [-0.3, -0.25) is 4.79 Å². The van der Waals surface area contributed by atoms with Crippen LogP contribution in [0, 0.1) is 0 Å². The zero-order valence-corrected chi connectivity index (χ0v) is 15.1. The minimum atomic E-state index is -0.205. The fraction of sp³-hybridized carbons (Fsp3) is 0.375. The number of nitrogens with zero attached hydrogens (tertiary/aromatic N) is 3. The lowest BCUT2D eigenvalue weighted by molar-refractivity contribution is 0.0945. The van der Waals surface area contributed by atoms with E-state index in [2.05, 4.69) is 15.3 Å². The van der Waals surface area contributed by atoms with Gasteiger partial charge in [0.1, 0.15) is 5.69 Å². The summed E-state index contributed by atoms with van der Waals surface area (Å²) >= 11 is 12.1. The zero-order chi connectivity index (χ0) is 17.5. The van der Waals surface area contributed by atoms with Crippen molar-refractivity contribution in [3.63, 3.8) is 0 Å². The molecule has 0 saturated carbocycles. The van der Waals surface area contributed by atoms with Gasteiger partial charge in [-0.05, 0) is 45.3 Å². The number of hydrogen-bond acceptors (Lipinski definition) is 4. The second-order valence-corrected chi connectivity index (χ2v) is 6.29. The van der Waals surface area contributed by atoms with Crippen LogP contribution in [-0.4, -0.2) is 47.8 Å². The zero-order valence-electron chi connectivity index (χ0n) is 13.6. The van der Waals surface area contributed by atoms with Gasteiger partial charge in [0.2, 0.25) is 0 Å². The van der Waals surface area contributed by atoms with Gasteiger partial charge in [0.25, 0.3) is 5.91 Å². The Hall–Kier alpha value is -1.76. The topological polar surface area (TPSA) is 59.4 Å². The third-order valence-corrected chi connectivity index (χ3v) is 3.80. The van der Waals surface area contributed by atoms with Crippen LogP contribution < -0.4 is 10.1 Å². The van der Waals surface area contributed by atoms with E-state index in [4.69, 9.17) is 27.9 Å². The van der Waals surface area contributed by atoms with Crippen LogP contribution in [-0.2, 0) is 6.73 Å². The van der Waals surface area contributed by atoms with Crippen LogP contribution in [0.15, 0.2) is 30.5 Å². The molecule has 0 aliphatic heterocycles. The molecule has 1 aromatic heterocycles. The summed E-state index contributed by atoms with van der Waals surface area (Å²) in [4.78, 5) is 14.1. The molecule has 130 valence electrons. The summed E-state index contributed by atoms with van der Waals surface area (Å²) < 4.78 is 7.08. The van der Waals surface area contributed by atoms with Gasteiger partial charge in [0, 0.05) is 12.7 Å². The SMILES string of the molecule is CN(C)CCCNC(=O)c1ccn(COc2c(Cl)cccc2Cl)n1. The molecular formula is C16H20Cl2N4O2. The molecule has 0 radical (unpaired) electrons. The predicted octanol–water partition coefficient (Wildman–Crippen LogP) is 2.91. The van der Waals surface area contributed by atoms with E-state index in [1.165, 1.54) is 4.68 Å². The quantitative estimate of drug-likeness (QED) is 0.725. The third kappa shape index (κ3) is 5.40. The average molecular weight is 371 g/mol. The fourth-order valence-corrected chi connectivity index (χ4v) is 2.50. The summed E-state index contributed by atoms with van der Waals surface area (Å²) in [6.07, 6.45) is 2.55. The van der Waals surface area contributed by atoms with Crippen LogP contribution in [0.1, 0.15) is 16.9 Å². The fourth-order valence-electron chi connectivity index (χ4n) is 1.99. The van der Waals surface area contributed by atoms with Crippen molar-refractivity contribution in [1.82, 2.24) is 20.0 Å². The number of amides is 1. The second-order valence-electron chi connectivity index (χ2n) is 5.48.